The van der Waals surface area contributed by atoms with Gasteiger partial charge in [-0.2, -0.15) is 0 Å². The first kappa shape index (κ1) is 60.6. The van der Waals surface area contributed by atoms with Gasteiger partial charge in [0.05, 0.1) is 18.8 Å². The second kappa shape index (κ2) is 53.9. The van der Waals surface area contributed by atoms with Gasteiger partial charge in [-0.05, 0) is 77.0 Å². The zero-order valence-electron chi connectivity index (χ0n) is 41.8. The lowest BCUT2D eigenvalue weighted by Crippen LogP contribution is -2.45. The van der Waals surface area contributed by atoms with E-state index in [9.17, 15) is 15.0 Å². The Labute approximate surface area is 392 Å². The molecule has 0 heterocycles. The molecule has 0 aromatic heterocycles. The van der Waals surface area contributed by atoms with Crippen molar-refractivity contribution in [2.45, 2.75) is 276 Å². The molecule has 0 aliphatic rings. The largest absolute Gasteiger partial charge is 0.394 e. The molecule has 3 N–H and O–H groups in total. The zero-order chi connectivity index (χ0) is 45.6. The van der Waals surface area contributed by atoms with Crippen LogP contribution in [-0.2, 0) is 4.79 Å². The highest BCUT2D eigenvalue weighted by Crippen LogP contribution is 2.16. The van der Waals surface area contributed by atoms with Crippen molar-refractivity contribution in [2.24, 2.45) is 0 Å². The molecule has 2 atom stereocenters. The van der Waals surface area contributed by atoms with Crippen LogP contribution in [0.1, 0.15) is 264 Å². The summed E-state index contributed by atoms with van der Waals surface area (Å²) in [5.41, 5.74) is 0. The molecule has 0 bridgehead atoms. The molecule has 4 heteroatoms. The summed E-state index contributed by atoms with van der Waals surface area (Å²) >= 11 is 0. The second-order valence-corrected chi connectivity index (χ2v) is 18.3. The summed E-state index contributed by atoms with van der Waals surface area (Å²) in [4.78, 5) is 12.4. The standard InChI is InChI=1S/C59H105NO3/c1-3-5-7-9-11-13-15-17-18-19-20-21-22-23-24-25-26-27-28-29-30-31-32-33-34-35-36-37-38-39-40-41-42-43-45-47-49-51-53-55-59(63)60-57(56-61)58(62)54-52-50-48-46-44-16-14-12-10-8-6-4-2/h5,7,11,13,17-18,20-21,23-24,44,46,52,54,57-58,61-62H,3-4,6,8-10,12,14-16,19,22,25-43,45,47-51,53,55-56H2,1-2H3,(H,60,63)/b7-5-,13-11-,18-17-,21-20-,24-23-,46-44+,54-52+. The molecule has 0 spiro atoms. The highest BCUT2D eigenvalue weighted by atomic mass is 16.3. The number of nitrogens with one attached hydrogen (secondary N) is 1. The lowest BCUT2D eigenvalue weighted by Gasteiger charge is -2.19. The quantitative estimate of drug-likeness (QED) is 0.0421. The van der Waals surface area contributed by atoms with Gasteiger partial charge in [0.25, 0.3) is 0 Å². The first-order valence-electron chi connectivity index (χ1n) is 27.3. The van der Waals surface area contributed by atoms with E-state index in [2.05, 4.69) is 92.1 Å². The van der Waals surface area contributed by atoms with Gasteiger partial charge in [-0.25, -0.2) is 0 Å². The Bertz CT molecular complexity index is 1130. The Hall–Kier alpha value is -2.43. The van der Waals surface area contributed by atoms with Crippen molar-refractivity contribution in [1.82, 2.24) is 5.32 Å². The Balaban J connectivity index is 3.43. The number of unbranched alkanes of at least 4 members (excludes halogenated alkanes) is 30. The van der Waals surface area contributed by atoms with Crippen LogP contribution in [-0.4, -0.2) is 34.9 Å². The fourth-order valence-corrected chi connectivity index (χ4v) is 7.99. The first-order chi connectivity index (χ1) is 31.2. The topological polar surface area (TPSA) is 69.6 Å². The van der Waals surface area contributed by atoms with Crippen molar-refractivity contribution >= 4 is 5.91 Å². The van der Waals surface area contributed by atoms with E-state index in [4.69, 9.17) is 0 Å². The smallest absolute Gasteiger partial charge is 0.220 e. The molecular weight excluding hydrogens is 771 g/mol. The molecule has 0 fully saturated rings. The number of amides is 1. The molecule has 0 aromatic rings. The molecule has 63 heavy (non-hydrogen) atoms. The molecule has 0 aliphatic heterocycles. The fraction of sp³-hybridized carbons (Fsp3) is 0.746. The number of aliphatic hydroxyl groups is 2. The number of carbonyl (C=O) groups is 1. The molecule has 0 saturated carbocycles. The Morgan fingerprint density at radius 2 is 0.714 bits per heavy atom. The molecule has 1 amide bonds. The third-order valence-corrected chi connectivity index (χ3v) is 12.1. The summed E-state index contributed by atoms with van der Waals surface area (Å²) in [6.45, 7) is 4.17. The summed E-state index contributed by atoms with van der Waals surface area (Å²) in [6, 6.07) is -0.639. The van der Waals surface area contributed by atoms with Crippen LogP contribution in [0.15, 0.2) is 85.1 Å². The molecular formula is C59H105NO3. The lowest BCUT2D eigenvalue weighted by molar-refractivity contribution is -0.123. The van der Waals surface area contributed by atoms with Crippen molar-refractivity contribution < 1.29 is 15.0 Å². The van der Waals surface area contributed by atoms with Crippen LogP contribution in [0.2, 0.25) is 0 Å². The molecule has 0 rings (SSSR count). The fourth-order valence-electron chi connectivity index (χ4n) is 7.99. The van der Waals surface area contributed by atoms with E-state index in [0.717, 1.165) is 64.2 Å². The zero-order valence-corrected chi connectivity index (χ0v) is 41.8. The minimum atomic E-state index is -0.862. The van der Waals surface area contributed by atoms with Crippen LogP contribution >= 0.6 is 0 Å². The Morgan fingerprint density at radius 3 is 1.11 bits per heavy atom. The number of hydrogen-bond acceptors (Lipinski definition) is 3. The predicted molar refractivity (Wildman–Crippen MR) is 280 cm³/mol. The minimum Gasteiger partial charge on any atom is -0.394 e. The van der Waals surface area contributed by atoms with Crippen molar-refractivity contribution in [3.63, 3.8) is 0 Å². The molecule has 2 unspecified atom stereocenters. The molecule has 0 aliphatic carbocycles. The van der Waals surface area contributed by atoms with Gasteiger partial charge in [-0.1, -0.05) is 266 Å². The summed E-state index contributed by atoms with van der Waals surface area (Å²) < 4.78 is 0. The van der Waals surface area contributed by atoms with E-state index in [0.29, 0.717) is 6.42 Å². The van der Waals surface area contributed by atoms with Crippen LogP contribution < -0.4 is 5.32 Å². The summed E-state index contributed by atoms with van der Waals surface area (Å²) in [6.07, 6.45) is 79.0. The Kier molecular flexibility index (Phi) is 51.8. The summed E-state index contributed by atoms with van der Waals surface area (Å²) in [7, 11) is 0. The highest BCUT2D eigenvalue weighted by molar-refractivity contribution is 5.76. The van der Waals surface area contributed by atoms with E-state index in [1.807, 2.05) is 6.08 Å². The van der Waals surface area contributed by atoms with Gasteiger partial charge >= 0.3 is 0 Å². The second-order valence-electron chi connectivity index (χ2n) is 18.3. The van der Waals surface area contributed by atoms with Crippen LogP contribution in [0.5, 0.6) is 0 Å². The van der Waals surface area contributed by atoms with Gasteiger partial charge in [-0.3, -0.25) is 4.79 Å². The number of hydrogen-bond donors (Lipinski definition) is 3. The molecule has 364 valence electrons. The average Bonchev–Trinajstić information content (AvgIpc) is 3.29. The van der Waals surface area contributed by atoms with Crippen molar-refractivity contribution in [3.05, 3.63) is 85.1 Å². The van der Waals surface area contributed by atoms with Crippen LogP contribution in [0, 0.1) is 0 Å². The minimum absolute atomic E-state index is 0.0735. The van der Waals surface area contributed by atoms with Crippen molar-refractivity contribution in [2.75, 3.05) is 6.61 Å². The number of carbonyl (C=O) groups excluding carboxylic acids is 1. The van der Waals surface area contributed by atoms with Crippen LogP contribution in [0.25, 0.3) is 0 Å². The molecule has 0 aromatic carbocycles. The summed E-state index contributed by atoms with van der Waals surface area (Å²) in [5.74, 6) is -0.0735. The Morgan fingerprint density at radius 1 is 0.397 bits per heavy atom. The van der Waals surface area contributed by atoms with E-state index in [1.165, 1.54) is 180 Å². The number of allylic oxidation sites excluding steroid dienone is 13. The third-order valence-electron chi connectivity index (χ3n) is 12.1. The highest BCUT2D eigenvalue weighted by Gasteiger charge is 2.17. The van der Waals surface area contributed by atoms with E-state index >= 15 is 0 Å². The third kappa shape index (κ3) is 50.4. The van der Waals surface area contributed by atoms with Gasteiger partial charge in [0, 0.05) is 6.42 Å². The van der Waals surface area contributed by atoms with Crippen LogP contribution in [0.4, 0.5) is 0 Å². The normalized spacial score (nSPS) is 13.5. The lowest BCUT2D eigenvalue weighted by atomic mass is 10.0. The molecule has 0 saturated heterocycles. The molecule has 0 radical (unpaired) electrons. The van der Waals surface area contributed by atoms with Crippen molar-refractivity contribution in [3.8, 4) is 0 Å². The van der Waals surface area contributed by atoms with Gasteiger partial charge in [-0.15, -0.1) is 0 Å². The number of rotatable bonds is 49. The van der Waals surface area contributed by atoms with E-state index in [1.54, 1.807) is 6.08 Å². The summed E-state index contributed by atoms with van der Waals surface area (Å²) in [5, 5.41) is 23.0. The maximum atomic E-state index is 12.4. The van der Waals surface area contributed by atoms with Crippen LogP contribution in [0.3, 0.4) is 0 Å². The number of aliphatic hydroxyl groups excluding tert-OH is 2. The maximum Gasteiger partial charge on any atom is 0.220 e. The maximum absolute atomic E-state index is 12.4. The van der Waals surface area contributed by atoms with Gasteiger partial charge in [0.1, 0.15) is 0 Å². The van der Waals surface area contributed by atoms with E-state index in [-0.39, 0.29) is 12.5 Å². The SMILES string of the molecule is CC/C=C\C/C=C\C/C=C\C/C=C\C/C=C\CCCCCCCCCCCCCCCCCCCCCCCCCC(=O)NC(CO)C(O)/C=C/CC/C=C/CCCCCCCC. The van der Waals surface area contributed by atoms with E-state index < -0.39 is 12.1 Å². The average molecular weight is 876 g/mol. The monoisotopic (exact) mass is 876 g/mol. The first-order valence-corrected chi connectivity index (χ1v) is 27.3. The van der Waals surface area contributed by atoms with Gasteiger partial charge in [0.15, 0.2) is 0 Å². The molecule has 4 nitrogen and oxygen atoms in total. The van der Waals surface area contributed by atoms with Crippen molar-refractivity contribution in [1.29, 1.82) is 0 Å². The predicted octanol–water partition coefficient (Wildman–Crippen LogP) is 18.0. The van der Waals surface area contributed by atoms with Gasteiger partial charge in [0.2, 0.25) is 5.91 Å². The van der Waals surface area contributed by atoms with Gasteiger partial charge < -0.3 is 15.5 Å².